The summed E-state index contributed by atoms with van der Waals surface area (Å²) in [7, 11) is 0. The van der Waals surface area contributed by atoms with E-state index in [0.29, 0.717) is 6.04 Å². The number of benzene rings is 1. The zero-order chi connectivity index (χ0) is 13.5. The van der Waals surface area contributed by atoms with Crippen molar-refractivity contribution < 1.29 is 0 Å². The topological polar surface area (TPSA) is 12.0 Å². The molecule has 0 amide bonds. The monoisotopic (exact) mass is 269 g/mol. The van der Waals surface area contributed by atoms with Crippen LogP contribution in [-0.2, 0) is 6.42 Å². The van der Waals surface area contributed by atoms with Crippen molar-refractivity contribution in [2.45, 2.75) is 26.3 Å². The SMILES string of the molecule is Cc1ccc(CC(C)NCC#Cc2ccccc2)s1. The van der Waals surface area contributed by atoms with Crippen LogP contribution in [0.5, 0.6) is 0 Å². The fourth-order valence-corrected chi connectivity index (χ4v) is 2.88. The Balaban J connectivity index is 1.75. The van der Waals surface area contributed by atoms with Crippen molar-refractivity contribution in [1.82, 2.24) is 5.32 Å². The Kier molecular flexibility index (Phi) is 5.20. The van der Waals surface area contributed by atoms with Crippen LogP contribution in [0.3, 0.4) is 0 Å². The Bertz CT molecular complexity index is 560. The Morgan fingerprint density at radius 2 is 1.95 bits per heavy atom. The summed E-state index contributed by atoms with van der Waals surface area (Å²) in [4.78, 5) is 2.82. The van der Waals surface area contributed by atoms with Gasteiger partial charge in [-0.1, -0.05) is 30.0 Å². The maximum Gasteiger partial charge on any atom is 0.0582 e. The van der Waals surface area contributed by atoms with E-state index in [-0.39, 0.29) is 0 Å². The summed E-state index contributed by atoms with van der Waals surface area (Å²) in [6.07, 6.45) is 1.07. The molecule has 0 saturated heterocycles. The van der Waals surface area contributed by atoms with Crippen LogP contribution in [0.1, 0.15) is 22.2 Å². The van der Waals surface area contributed by atoms with Gasteiger partial charge >= 0.3 is 0 Å². The van der Waals surface area contributed by atoms with Gasteiger partial charge < -0.3 is 5.32 Å². The van der Waals surface area contributed by atoms with E-state index in [1.54, 1.807) is 0 Å². The normalized spacial score (nSPS) is 11.7. The molecule has 0 aliphatic heterocycles. The molecule has 0 spiro atoms. The first-order valence-electron chi connectivity index (χ1n) is 6.56. The predicted molar refractivity (Wildman–Crippen MR) is 83.5 cm³/mol. The van der Waals surface area contributed by atoms with Gasteiger partial charge in [-0.25, -0.2) is 0 Å². The van der Waals surface area contributed by atoms with Gasteiger partial charge in [0.05, 0.1) is 6.54 Å². The van der Waals surface area contributed by atoms with Gasteiger partial charge in [0.1, 0.15) is 0 Å². The molecule has 98 valence electrons. The summed E-state index contributed by atoms with van der Waals surface area (Å²) in [6.45, 7) is 5.09. The maximum absolute atomic E-state index is 3.44. The summed E-state index contributed by atoms with van der Waals surface area (Å²) in [5, 5.41) is 3.44. The second-order valence-electron chi connectivity index (χ2n) is 4.67. The van der Waals surface area contributed by atoms with E-state index in [0.717, 1.165) is 18.5 Å². The van der Waals surface area contributed by atoms with Crippen LogP contribution in [0.4, 0.5) is 0 Å². The summed E-state index contributed by atoms with van der Waals surface area (Å²) in [6, 6.07) is 15.0. The van der Waals surface area contributed by atoms with Crippen LogP contribution in [0.2, 0.25) is 0 Å². The van der Waals surface area contributed by atoms with Crippen LogP contribution in [-0.4, -0.2) is 12.6 Å². The average molecular weight is 269 g/mol. The van der Waals surface area contributed by atoms with Crippen molar-refractivity contribution in [3.63, 3.8) is 0 Å². The molecule has 1 aromatic carbocycles. The van der Waals surface area contributed by atoms with E-state index in [1.165, 1.54) is 9.75 Å². The molecule has 0 radical (unpaired) electrons. The molecular weight excluding hydrogens is 250 g/mol. The van der Waals surface area contributed by atoms with Crippen LogP contribution in [0, 0.1) is 18.8 Å². The molecular formula is C17H19NS. The highest BCUT2D eigenvalue weighted by atomic mass is 32.1. The van der Waals surface area contributed by atoms with Gasteiger partial charge in [0, 0.05) is 21.4 Å². The fourth-order valence-electron chi connectivity index (χ4n) is 1.86. The maximum atomic E-state index is 3.44. The van der Waals surface area contributed by atoms with Crippen molar-refractivity contribution >= 4 is 11.3 Å². The molecule has 1 N–H and O–H groups in total. The lowest BCUT2D eigenvalue weighted by Gasteiger charge is -2.09. The number of aryl methyl sites for hydroxylation is 1. The molecule has 2 aromatic rings. The smallest absolute Gasteiger partial charge is 0.0582 e. The highest BCUT2D eigenvalue weighted by Crippen LogP contribution is 2.16. The second-order valence-corrected chi connectivity index (χ2v) is 6.04. The van der Waals surface area contributed by atoms with Crippen molar-refractivity contribution in [2.24, 2.45) is 0 Å². The third-order valence-electron chi connectivity index (χ3n) is 2.85. The first-order valence-corrected chi connectivity index (χ1v) is 7.38. The van der Waals surface area contributed by atoms with Crippen LogP contribution in [0.15, 0.2) is 42.5 Å². The zero-order valence-electron chi connectivity index (χ0n) is 11.4. The molecule has 2 rings (SSSR count). The Morgan fingerprint density at radius 1 is 1.16 bits per heavy atom. The molecule has 0 aliphatic rings. The Labute approximate surface area is 119 Å². The van der Waals surface area contributed by atoms with E-state index in [9.17, 15) is 0 Å². The number of rotatable bonds is 4. The molecule has 0 saturated carbocycles. The lowest BCUT2D eigenvalue weighted by atomic mass is 10.2. The third-order valence-corrected chi connectivity index (χ3v) is 3.87. The Hall–Kier alpha value is -1.56. The second kappa shape index (κ2) is 7.13. The van der Waals surface area contributed by atoms with Crippen molar-refractivity contribution in [1.29, 1.82) is 0 Å². The fraction of sp³-hybridized carbons (Fsp3) is 0.294. The Morgan fingerprint density at radius 3 is 2.63 bits per heavy atom. The van der Waals surface area contributed by atoms with Gasteiger partial charge in [0.25, 0.3) is 0 Å². The van der Waals surface area contributed by atoms with Gasteiger partial charge in [0.2, 0.25) is 0 Å². The number of nitrogens with one attached hydrogen (secondary N) is 1. The molecule has 1 heterocycles. The van der Waals surface area contributed by atoms with E-state index in [1.807, 2.05) is 41.7 Å². The minimum absolute atomic E-state index is 0.461. The molecule has 2 heteroatoms. The van der Waals surface area contributed by atoms with Gasteiger partial charge in [0.15, 0.2) is 0 Å². The first kappa shape index (κ1) is 13.9. The zero-order valence-corrected chi connectivity index (χ0v) is 12.3. The number of hydrogen-bond donors (Lipinski definition) is 1. The van der Waals surface area contributed by atoms with Crippen LogP contribution < -0.4 is 5.32 Å². The molecule has 0 aliphatic carbocycles. The van der Waals surface area contributed by atoms with E-state index in [4.69, 9.17) is 0 Å². The van der Waals surface area contributed by atoms with Gasteiger partial charge in [-0.05, 0) is 44.5 Å². The van der Waals surface area contributed by atoms with Crippen LogP contribution in [0.25, 0.3) is 0 Å². The largest absolute Gasteiger partial charge is 0.303 e. The number of thiophene rings is 1. The lowest BCUT2D eigenvalue weighted by molar-refractivity contribution is 0.589. The van der Waals surface area contributed by atoms with E-state index >= 15 is 0 Å². The van der Waals surface area contributed by atoms with E-state index < -0.39 is 0 Å². The van der Waals surface area contributed by atoms with Gasteiger partial charge in [-0.15, -0.1) is 11.3 Å². The first-order chi connectivity index (χ1) is 9.24. The van der Waals surface area contributed by atoms with Gasteiger partial charge in [-0.2, -0.15) is 0 Å². The molecule has 0 fully saturated rings. The third kappa shape index (κ3) is 4.90. The van der Waals surface area contributed by atoms with Crippen LogP contribution >= 0.6 is 11.3 Å². The quantitative estimate of drug-likeness (QED) is 0.836. The van der Waals surface area contributed by atoms with Gasteiger partial charge in [-0.3, -0.25) is 0 Å². The van der Waals surface area contributed by atoms with Crippen molar-refractivity contribution in [3.8, 4) is 11.8 Å². The molecule has 19 heavy (non-hydrogen) atoms. The molecule has 1 unspecified atom stereocenters. The van der Waals surface area contributed by atoms with Crippen molar-refractivity contribution in [3.05, 3.63) is 57.8 Å². The highest BCUT2D eigenvalue weighted by Gasteiger charge is 2.03. The summed E-state index contributed by atoms with van der Waals surface area (Å²) in [5.74, 6) is 6.32. The number of hydrogen-bond acceptors (Lipinski definition) is 2. The summed E-state index contributed by atoms with van der Waals surface area (Å²) < 4.78 is 0. The molecule has 1 atom stereocenters. The molecule has 0 bridgehead atoms. The molecule has 1 nitrogen and oxygen atoms in total. The minimum Gasteiger partial charge on any atom is -0.303 e. The summed E-state index contributed by atoms with van der Waals surface area (Å²) in [5.41, 5.74) is 1.07. The van der Waals surface area contributed by atoms with E-state index in [2.05, 4.69) is 43.1 Å². The molecule has 1 aromatic heterocycles. The highest BCUT2D eigenvalue weighted by molar-refractivity contribution is 7.11. The average Bonchev–Trinajstić information content (AvgIpc) is 2.81. The standard InChI is InChI=1S/C17H19NS/c1-14(13-17-11-10-15(2)19-17)18-12-6-9-16-7-4-3-5-8-16/h3-5,7-8,10-11,14,18H,12-13H2,1-2H3. The van der Waals surface area contributed by atoms with Crippen molar-refractivity contribution in [2.75, 3.05) is 6.54 Å². The minimum atomic E-state index is 0.461. The predicted octanol–water partition coefficient (Wildman–Crippen LogP) is 3.63. The lowest BCUT2D eigenvalue weighted by Crippen LogP contribution is -2.28. The summed E-state index contributed by atoms with van der Waals surface area (Å²) >= 11 is 1.88.